The number of carbonyl (C=O) groups is 1. The molecule has 1 fully saturated rings. The van der Waals surface area contributed by atoms with Gasteiger partial charge in [-0.05, 0) is 37.0 Å². The van der Waals surface area contributed by atoms with Gasteiger partial charge in [0.15, 0.2) is 0 Å². The summed E-state index contributed by atoms with van der Waals surface area (Å²) in [5.41, 5.74) is 0.736. The molecule has 4 heteroatoms. The van der Waals surface area contributed by atoms with Gasteiger partial charge in [-0.1, -0.05) is 25.2 Å². The Morgan fingerprint density at radius 1 is 1.48 bits per heavy atom. The lowest BCUT2D eigenvalue weighted by Gasteiger charge is -2.15. The molecule has 0 saturated heterocycles. The average Bonchev–Trinajstić information content (AvgIpc) is 2.88. The van der Waals surface area contributed by atoms with Crippen LogP contribution < -0.4 is 5.32 Å². The minimum absolute atomic E-state index is 0.0251. The predicted molar refractivity (Wildman–Crippen MR) is 80.1 cm³/mol. The Balaban J connectivity index is 2.03. The number of halogens is 1. The number of aliphatic hydroxyl groups is 1. The lowest BCUT2D eigenvalue weighted by Crippen LogP contribution is -2.24. The number of carbonyl (C=O) groups excluding carboxylic acids is 1. The van der Waals surface area contributed by atoms with Crippen LogP contribution in [0, 0.1) is 29.5 Å². The summed E-state index contributed by atoms with van der Waals surface area (Å²) in [7, 11) is 0. The molecule has 1 aromatic rings. The summed E-state index contributed by atoms with van der Waals surface area (Å²) >= 11 is 0. The zero-order valence-corrected chi connectivity index (χ0v) is 12.2. The highest BCUT2D eigenvalue weighted by molar-refractivity contribution is 5.92. The maximum absolute atomic E-state index is 13.9. The maximum Gasteiger partial charge on any atom is 0.227 e. The Bertz CT molecular complexity index is 574. The lowest BCUT2D eigenvalue weighted by atomic mass is 9.97. The number of hydrogen-bond donors (Lipinski definition) is 2. The van der Waals surface area contributed by atoms with Gasteiger partial charge in [-0.15, -0.1) is 0 Å². The second kappa shape index (κ2) is 7.24. The van der Waals surface area contributed by atoms with Crippen LogP contribution in [-0.4, -0.2) is 17.6 Å². The summed E-state index contributed by atoms with van der Waals surface area (Å²) in [6, 6.07) is 4.50. The highest BCUT2D eigenvalue weighted by atomic mass is 19.1. The van der Waals surface area contributed by atoms with Crippen LogP contribution in [-0.2, 0) is 4.79 Å². The van der Waals surface area contributed by atoms with Crippen molar-refractivity contribution in [3.63, 3.8) is 0 Å². The van der Waals surface area contributed by atoms with E-state index in [4.69, 9.17) is 5.11 Å². The van der Waals surface area contributed by atoms with Gasteiger partial charge in [0.25, 0.3) is 0 Å². The van der Waals surface area contributed by atoms with Gasteiger partial charge < -0.3 is 10.4 Å². The number of amides is 1. The van der Waals surface area contributed by atoms with Gasteiger partial charge in [-0.2, -0.15) is 0 Å². The number of benzene rings is 1. The van der Waals surface area contributed by atoms with Crippen LogP contribution in [0.5, 0.6) is 0 Å². The van der Waals surface area contributed by atoms with E-state index in [1.54, 1.807) is 12.1 Å². The molecule has 1 amide bonds. The second-order valence-corrected chi connectivity index (χ2v) is 5.47. The molecule has 0 bridgehead atoms. The van der Waals surface area contributed by atoms with E-state index in [-0.39, 0.29) is 24.0 Å². The molecular weight excluding hydrogens is 269 g/mol. The van der Waals surface area contributed by atoms with E-state index in [9.17, 15) is 9.18 Å². The fourth-order valence-electron chi connectivity index (χ4n) is 2.68. The Kier molecular flexibility index (Phi) is 5.35. The third-order valence-corrected chi connectivity index (χ3v) is 3.89. The molecule has 2 rings (SSSR count). The van der Waals surface area contributed by atoms with Gasteiger partial charge in [0.05, 0.1) is 12.2 Å². The number of rotatable bonds is 3. The summed E-state index contributed by atoms with van der Waals surface area (Å²) in [6.45, 7) is 2.04. The van der Waals surface area contributed by atoms with Crippen LogP contribution in [0.15, 0.2) is 18.2 Å². The van der Waals surface area contributed by atoms with Gasteiger partial charge in [0.2, 0.25) is 5.91 Å². The van der Waals surface area contributed by atoms with Crippen LogP contribution in [0.25, 0.3) is 0 Å². The Hall–Kier alpha value is -1.86. The first-order valence-electron chi connectivity index (χ1n) is 7.32. The van der Waals surface area contributed by atoms with Crippen molar-refractivity contribution in [2.24, 2.45) is 11.8 Å². The summed E-state index contributed by atoms with van der Waals surface area (Å²) in [4.78, 5) is 12.1. The lowest BCUT2D eigenvalue weighted by molar-refractivity contribution is -0.120. The molecule has 21 heavy (non-hydrogen) atoms. The number of hydrogen-bond acceptors (Lipinski definition) is 2. The molecule has 112 valence electrons. The van der Waals surface area contributed by atoms with Gasteiger partial charge in [0, 0.05) is 18.0 Å². The van der Waals surface area contributed by atoms with E-state index in [0.717, 1.165) is 19.3 Å². The monoisotopic (exact) mass is 289 g/mol. The Morgan fingerprint density at radius 3 is 2.90 bits per heavy atom. The fourth-order valence-corrected chi connectivity index (χ4v) is 2.68. The molecular formula is C17H20FNO2. The summed E-state index contributed by atoms with van der Waals surface area (Å²) < 4.78 is 13.9. The highest BCUT2D eigenvalue weighted by Crippen LogP contribution is 2.32. The predicted octanol–water partition coefficient (Wildman–Crippen LogP) is 2.93. The van der Waals surface area contributed by atoms with Gasteiger partial charge in [-0.25, -0.2) is 4.39 Å². The average molecular weight is 289 g/mol. The van der Waals surface area contributed by atoms with Crippen LogP contribution in [0.3, 0.4) is 0 Å². The molecule has 2 unspecified atom stereocenters. The number of aliphatic hydroxyl groups excluding tert-OH is 1. The Morgan fingerprint density at radius 2 is 2.29 bits per heavy atom. The van der Waals surface area contributed by atoms with Crippen molar-refractivity contribution < 1.29 is 14.3 Å². The molecule has 1 aliphatic rings. The normalized spacial score (nSPS) is 20.7. The molecule has 3 nitrogen and oxygen atoms in total. The van der Waals surface area contributed by atoms with Crippen molar-refractivity contribution in [1.29, 1.82) is 0 Å². The van der Waals surface area contributed by atoms with E-state index in [2.05, 4.69) is 24.1 Å². The molecule has 0 aliphatic heterocycles. The third kappa shape index (κ3) is 4.05. The van der Waals surface area contributed by atoms with Crippen molar-refractivity contribution in [3.05, 3.63) is 29.6 Å². The molecule has 1 saturated carbocycles. The van der Waals surface area contributed by atoms with Crippen molar-refractivity contribution in [2.45, 2.75) is 32.6 Å². The van der Waals surface area contributed by atoms with Crippen molar-refractivity contribution in [2.75, 3.05) is 11.9 Å². The number of nitrogens with one attached hydrogen (secondary N) is 1. The van der Waals surface area contributed by atoms with E-state index in [1.165, 1.54) is 6.07 Å². The zero-order chi connectivity index (χ0) is 15.2. The molecule has 1 aromatic carbocycles. The topological polar surface area (TPSA) is 49.3 Å². The van der Waals surface area contributed by atoms with Crippen LogP contribution in [0.4, 0.5) is 10.1 Å². The van der Waals surface area contributed by atoms with Gasteiger partial charge in [-0.3, -0.25) is 4.79 Å². The maximum atomic E-state index is 13.9. The van der Waals surface area contributed by atoms with Crippen molar-refractivity contribution in [3.8, 4) is 11.8 Å². The SMILES string of the molecule is CC1CCCC1C(=O)Nc1ccc(C#CCCO)c(F)c1. The van der Waals surface area contributed by atoms with E-state index in [0.29, 0.717) is 18.0 Å². The van der Waals surface area contributed by atoms with Crippen molar-refractivity contribution >= 4 is 11.6 Å². The van der Waals surface area contributed by atoms with Crippen LogP contribution >= 0.6 is 0 Å². The van der Waals surface area contributed by atoms with E-state index in [1.807, 2.05) is 0 Å². The largest absolute Gasteiger partial charge is 0.395 e. The van der Waals surface area contributed by atoms with Crippen LogP contribution in [0.2, 0.25) is 0 Å². The smallest absolute Gasteiger partial charge is 0.227 e. The minimum Gasteiger partial charge on any atom is -0.395 e. The summed E-state index contributed by atoms with van der Waals surface area (Å²) in [5.74, 6) is 5.26. The zero-order valence-electron chi connectivity index (χ0n) is 12.2. The molecule has 2 N–H and O–H groups in total. The molecule has 2 atom stereocenters. The molecule has 0 heterocycles. The second-order valence-electron chi connectivity index (χ2n) is 5.47. The molecule has 0 radical (unpaired) electrons. The first-order valence-corrected chi connectivity index (χ1v) is 7.32. The quantitative estimate of drug-likeness (QED) is 0.841. The first-order chi connectivity index (χ1) is 10.1. The third-order valence-electron chi connectivity index (χ3n) is 3.89. The van der Waals surface area contributed by atoms with Crippen molar-refractivity contribution in [1.82, 2.24) is 0 Å². The standard InChI is InChI=1S/C17H20FNO2/c1-12-5-4-7-15(12)17(21)19-14-9-8-13(16(18)11-14)6-2-3-10-20/h8-9,11-12,15,20H,3-5,7,10H2,1H3,(H,19,21). The highest BCUT2D eigenvalue weighted by Gasteiger charge is 2.29. The minimum atomic E-state index is -0.460. The van der Waals surface area contributed by atoms with Crippen LogP contribution in [0.1, 0.15) is 38.2 Å². The molecule has 0 spiro atoms. The van der Waals surface area contributed by atoms with E-state index >= 15 is 0 Å². The van der Waals surface area contributed by atoms with Gasteiger partial charge in [0.1, 0.15) is 5.82 Å². The first kappa shape index (κ1) is 15.5. The van der Waals surface area contributed by atoms with Gasteiger partial charge >= 0.3 is 0 Å². The number of anilines is 1. The summed E-state index contributed by atoms with van der Waals surface area (Å²) in [5, 5.41) is 11.4. The molecule has 0 aromatic heterocycles. The molecule has 1 aliphatic carbocycles. The summed E-state index contributed by atoms with van der Waals surface area (Å²) in [6.07, 6.45) is 3.37. The fraction of sp³-hybridized carbons (Fsp3) is 0.471. The van der Waals surface area contributed by atoms with E-state index < -0.39 is 5.82 Å². The Labute approximate surface area is 124 Å².